The van der Waals surface area contributed by atoms with Gasteiger partial charge < -0.3 is 33.5 Å². The SMILES string of the molecule is CO[C@H]1O[C@H](COO[Si](c2ccccc2)(c2ccccc2)C(C)(C)C)[C@H]2O[C@@]3(OC)CCCC[C@]3(OC)O[C@@H]2[C@@H]1O. The van der Waals surface area contributed by atoms with Gasteiger partial charge in [-0.3, -0.25) is 4.58 Å². The van der Waals surface area contributed by atoms with Crippen LogP contribution < -0.4 is 10.4 Å². The molecule has 0 bridgehead atoms. The summed E-state index contributed by atoms with van der Waals surface area (Å²) in [6.07, 6.45) is -1.33. The molecule has 0 aromatic heterocycles. The number of hydrogen-bond acceptors (Lipinski definition) is 9. The van der Waals surface area contributed by atoms with Gasteiger partial charge in [0, 0.05) is 34.2 Å². The Kier molecular flexibility index (Phi) is 9.09. The molecule has 1 N–H and O–H groups in total. The first kappa shape index (κ1) is 30.7. The van der Waals surface area contributed by atoms with Crippen LogP contribution in [0.2, 0.25) is 5.04 Å². The van der Waals surface area contributed by atoms with E-state index in [0.29, 0.717) is 12.8 Å². The second kappa shape index (κ2) is 12.1. The molecule has 0 amide bonds. The molecule has 226 valence electrons. The normalized spacial score (nSPS) is 34.1. The Hall–Kier alpha value is -1.70. The molecule has 3 fully saturated rings. The van der Waals surface area contributed by atoms with Crippen molar-refractivity contribution in [3.63, 3.8) is 0 Å². The maximum Gasteiger partial charge on any atom is 0.305 e. The molecule has 0 unspecified atom stereocenters. The number of rotatable bonds is 9. The van der Waals surface area contributed by atoms with Gasteiger partial charge in [0.25, 0.3) is 0 Å². The summed E-state index contributed by atoms with van der Waals surface area (Å²) in [5.41, 5.74) is 0. The molecule has 2 aromatic rings. The Morgan fingerprint density at radius 2 is 1.34 bits per heavy atom. The molecule has 2 heterocycles. The van der Waals surface area contributed by atoms with Crippen LogP contribution in [0.5, 0.6) is 0 Å². The van der Waals surface area contributed by atoms with Crippen molar-refractivity contribution >= 4 is 18.7 Å². The first-order valence-corrected chi connectivity index (χ1v) is 16.3. The lowest BCUT2D eigenvalue weighted by Gasteiger charge is -2.60. The minimum atomic E-state index is -2.96. The van der Waals surface area contributed by atoms with Crippen LogP contribution in [0.25, 0.3) is 0 Å². The molecule has 2 aliphatic heterocycles. The Morgan fingerprint density at radius 3 is 1.80 bits per heavy atom. The zero-order valence-corrected chi connectivity index (χ0v) is 25.9. The predicted molar refractivity (Wildman–Crippen MR) is 154 cm³/mol. The summed E-state index contributed by atoms with van der Waals surface area (Å²) in [5.74, 6) is -2.31. The third-order valence-corrected chi connectivity index (χ3v) is 13.6. The van der Waals surface area contributed by atoms with E-state index < -0.39 is 50.6 Å². The maximum absolute atomic E-state index is 11.2. The molecule has 9 nitrogen and oxygen atoms in total. The van der Waals surface area contributed by atoms with Crippen LogP contribution in [0.4, 0.5) is 0 Å². The Bertz CT molecular complexity index is 1090. The summed E-state index contributed by atoms with van der Waals surface area (Å²) in [4.78, 5) is 6.20. The average molecular weight is 589 g/mol. The third-order valence-electron chi connectivity index (χ3n) is 8.83. The van der Waals surface area contributed by atoms with Gasteiger partial charge in [-0.05, 0) is 28.3 Å². The minimum Gasteiger partial charge on any atom is -0.385 e. The second-order valence-corrected chi connectivity index (χ2v) is 16.3. The Balaban J connectivity index is 1.45. The van der Waals surface area contributed by atoms with E-state index in [0.717, 1.165) is 23.2 Å². The molecule has 10 heteroatoms. The lowest BCUT2D eigenvalue weighted by molar-refractivity contribution is -0.497. The van der Waals surface area contributed by atoms with Gasteiger partial charge >= 0.3 is 8.32 Å². The molecule has 7 atom stereocenters. The fraction of sp³-hybridized carbons (Fsp3) is 0.613. The number of hydrogen-bond donors (Lipinski definition) is 1. The quantitative estimate of drug-likeness (QED) is 0.269. The van der Waals surface area contributed by atoms with Gasteiger partial charge in [-0.25, -0.2) is 4.89 Å². The third kappa shape index (κ3) is 5.22. The van der Waals surface area contributed by atoms with Crippen molar-refractivity contribution in [2.75, 3.05) is 27.9 Å². The van der Waals surface area contributed by atoms with Crippen molar-refractivity contribution in [2.24, 2.45) is 0 Å². The average Bonchev–Trinajstić information content (AvgIpc) is 2.99. The van der Waals surface area contributed by atoms with Gasteiger partial charge in [-0.1, -0.05) is 81.4 Å². The highest BCUT2D eigenvalue weighted by Gasteiger charge is 2.67. The van der Waals surface area contributed by atoms with Crippen LogP contribution in [-0.2, 0) is 37.9 Å². The van der Waals surface area contributed by atoms with Gasteiger partial charge in [0.15, 0.2) is 6.29 Å². The van der Waals surface area contributed by atoms with Crippen molar-refractivity contribution < 1.29 is 43.0 Å². The number of benzene rings is 2. The highest BCUT2D eigenvalue weighted by Crippen LogP contribution is 2.51. The van der Waals surface area contributed by atoms with Crippen molar-refractivity contribution in [1.82, 2.24) is 0 Å². The fourth-order valence-electron chi connectivity index (χ4n) is 6.73. The van der Waals surface area contributed by atoms with Gasteiger partial charge in [-0.15, -0.1) is 0 Å². The van der Waals surface area contributed by atoms with E-state index in [1.54, 1.807) is 14.2 Å². The molecule has 2 aromatic carbocycles. The molecule has 1 aliphatic carbocycles. The van der Waals surface area contributed by atoms with Crippen LogP contribution in [0.15, 0.2) is 60.7 Å². The van der Waals surface area contributed by atoms with Crippen LogP contribution in [0, 0.1) is 0 Å². The Labute approximate surface area is 244 Å². The zero-order chi connectivity index (χ0) is 29.3. The molecule has 2 saturated heterocycles. The monoisotopic (exact) mass is 588 g/mol. The minimum absolute atomic E-state index is 0.0153. The molecule has 1 saturated carbocycles. The van der Waals surface area contributed by atoms with Crippen molar-refractivity contribution in [2.45, 2.75) is 93.8 Å². The molecule has 0 radical (unpaired) electrons. The van der Waals surface area contributed by atoms with Crippen molar-refractivity contribution in [1.29, 1.82) is 0 Å². The standard InChI is InChI=1S/C31H44O9Si/c1-29(2,3)41(22-15-9-7-10-16-22,23-17-11-8-12-18-23)40-36-21-24-26-27(25(32)28(33-4)37-24)39-31(35-6)20-14-13-19-30(31,34-5)38-26/h7-12,15-18,24-28,32H,13-14,19-21H2,1-6H3/t24-,25+,26-,27-,28+,30+,31+/m1/s1. The summed E-state index contributed by atoms with van der Waals surface area (Å²) >= 11 is 0. The topological polar surface area (TPSA) is 94.1 Å². The number of methoxy groups -OCH3 is 3. The van der Waals surface area contributed by atoms with Crippen LogP contribution >= 0.6 is 0 Å². The highest BCUT2D eigenvalue weighted by atomic mass is 28.4. The second-order valence-electron chi connectivity index (χ2n) is 12.1. The number of ether oxygens (including phenoxy) is 6. The number of fused-ring (bicyclic) bond motifs is 2. The summed E-state index contributed by atoms with van der Waals surface area (Å²) in [6.45, 7) is 6.56. The number of aliphatic hydroxyl groups excluding tert-OH is 1. The highest BCUT2D eigenvalue weighted by molar-refractivity contribution is 6.99. The summed E-state index contributed by atoms with van der Waals surface area (Å²) in [5, 5.41) is 13.1. The first-order valence-electron chi connectivity index (χ1n) is 14.4. The van der Waals surface area contributed by atoms with E-state index in [9.17, 15) is 5.11 Å². The number of aliphatic hydroxyl groups is 1. The molecule has 41 heavy (non-hydrogen) atoms. The van der Waals surface area contributed by atoms with E-state index in [1.807, 2.05) is 36.4 Å². The van der Waals surface area contributed by atoms with E-state index in [-0.39, 0.29) is 11.6 Å². The van der Waals surface area contributed by atoms with Crippen molar-refractivity contribution in [3.8, 4) is 0 Å². The fourth-order valence-corrected chi connectivity index (χ4v) is 10.8. The van der Waals surface area contributed by atoms with E-state index in [2.05, 4.69) is 45.0 Å². The molecule has 5 rings (SSSR count). The molecular weight excluding hydrogens is 544 g/mol. The van der Waals surface area contributed by atoms with Gasteiger partial charge in [-0.2, -0.15) is 0 Å². The van der Waals surface area contributed by atoms with Crippen LogP contribution in [-0.4, -0.2) is 83.6 Å². The van der Waals surface area contributed by atoms with Gasteiger partial charge in [0.2, 0.25) is 11.6 Å². The first-order chi connectivity index (χ1) is 19.7. The zero-order valence-electron chi connectivity index (χ0n) is 24.9. The van der Waals surface area contributed by atoms with E-state index in [1.165, 1.54) is 7.11 Å². The predicted octanol–water partition coefficient (Wildman–Crippen LogP) is 3.27. The van der Waals surface area contributed by atoms with Crippen molar-refractivity contribution in [3.05, 3.63) is 60.7 Å². The summed E-state index contributed by atoms with van der Waals surface area (Å²) < 4.78 is 43.5. The van der Waals surface area contributed by atoms with E-state index in [4.69, 9.17) is 37.9 Å². The smallest absolute Gasteiger partial charge is 0.305 e. The molecule has 0 spiro atoms. The van der Waals surface area contributed by atoms with Gasteiger partial charge in [0.05, 0.1) is 0 Å². The molecular formula is C31H44O9Si. The van der Waals surface area contributed by atoms with E-state index >= 15 is 0 Å². The summed E-state index contributed by atoms with van der Waals surface area (Å²) in [6, 6.07) is 20.5. The lowest BCUT2D eigenvalue weighted by atomic mass is 9.83. The Morgan fingerprint density at radius 1 is 0.829 bits per heavy atom. The maximum atomic E-state index is 11.2. The van der Waals surface area contributed by atoms with Crippen LogP contribution in [0.3, 0.4) is 0 Å². The summed E-state index contributed by atoms with van der Waals surface area (Å²) in [7, 11) is 1.71. The van der Waals surface area contributed by atoms with Crippen LogP contribution in [0.1, 0.15) is 46.5 Å². The van der Waals surface area contributed by atoms with Gasteiger partial charge in [0.1, 0.15) is 31.0 Å². The molecule has 3 aliphatic rings. The lowest BCUT2D eigenvalue weighted by Crippen LogP contribution is -2.75. The largest absolute Gasteiger partial charge is 0.385 e.